The molecule has 0 amide bonds. The van der Waals surface area contributed by atoms with Gasteiger partial charge in [0.05, 0.1) is 33.0 Å². The summed E-state index contributed by atoms with van der Waals surface area (Å²) in [5.41, 5.74) is 4.58. The van der Waals surface area contributed by atoms with Gasteiger partial charge in [-0.2, -0.15) is 11.3 Å². The highest BCUT2D eigenvalue weighted by atomic mass is 32.1. The van der Waals surface area contributed by atoms with Crippen LogP contribution in [0.15, 0.2) is 53.2 Å². The lowest BCUT2D eigenvalue weighted by Gasteiger charge is -2.16. The van der Waals surface area contributed by atoms with Crippen molar-refractivity contribution >= 4 is 23.3 Å². The number of aryl methyl sites for hydroxylation is 1. The molecule has 0 atom stereocenters. The molecule has 0 saturated heterocycles. The Morgan fingerprint density at radius 3 is 2.21 bits per heavy atom. The summed E-state index contributed by atoms with van der Waals surface area (Å²) < 4.78 is 28.8. The molecule has 0 unspecified atom stereocenters. The molecule has 2 aromatic carbocycles. The van der Waals surface area contributed by atoms with Crippen molar-refractivity contribution < 1.29 is 33.3 Å². The Morgan fingerprint density at radius 1 is 0.745 bits per heavy atom. The maximum Gasteiger partial charge on any atom is 0.306 e. The molecular formula is C39H52O7S. The molecule has 1 saturated carbocycles. The van der Waals surface area contributed by atoms with E-state index in [-0.39, 0.29) is 11.9 Å². The summed E-state index contributed by atoms with van der Waals surface area (Å²) in [7, 11) is 0. The van der Waals surface area contributed by atoms with Crippen molar-refractivity contribution in [3.05, 3.63) is 64.4 Å². The maximum atomic E-state index is 12.2. The van der Waals surface area contributed by atoms with Crippen LogP contribution in [-0.2, 0) is 31.9 Å². The number of unbranched alkanes of at least 4 members (excludes halogenated alkanes) is 3. The van der Waals surface area contributed by atoms with Gasteiger partial charge in [-0.1, -0.05) is 37.8 Å². The van der Waals surface area contributed by atoms with E-state index in [1.54, 1.807) is 18.3 Å². The fourth-order valence-corrected chi connectivity index (χ4v) is 6.71. The number of benzene rings is 2. The average molecular weight is 665 g/mol. The van der Waals surface area contributed by atoms with Crippen molar-refractivity contribution in [1.29, 1.82) is 0 Å². The monoisotopic (exact) mass is 664 g/mol. The van der Waals surface area contributed by atoms with Crippen LogP contribution in [0.5, 0.6) is 17.2 Å². The molecule has 1 aromatic heterocycles. The van der Waals surface area contributed by atoms with Crippen molar-refractivity contribution in [3.8, 4) is 28.4 Å². The minimum absolute atomic E-state index is 0.205. The van der Waals surface area contributed by atoms with Gasteiger partial charge in [-0.25, -0.2) is 0 Å². The quantitative estimate of drug-likeness (QED) is 0.0782. The normalized spacial score (nSPS) is 13.0. The molecule has 8 heteroatoms. The lowest BCUT2D eigenvalue weighted by Crippen LogP contribution is -2.10. The second kappa shape index (κ2) is 20.7. The highest BCUT2D eigenvalue weighted by molar-refractivity contribution is 7.08. The zero-order valence-corrected chi connectivity index (χ0v) is 29.1. The fourth-order valence-electron chi connectivity index (χ4n) is 6.04. The number of carbonyl (C=O) groups excluding carboxylic acids is 2. The molecule has 1 aliphatic carbocycles. The summed E-state index contributed by atoms with van der Waals surface area (Å²) in [6, 6.07) is 14.5. The molecule has 47 heavy (non-hydrogen) atoms. The highest BCUT2D eigenvalue weighted by Crippen LogP contribution is 2.33. The summed E-state index contributed by atoms with van der Waals surface area (Å²) in [6.45, 7) is 6.24. The number of esters is 2. The lowest BCUT2D eigenvalue weighted by molar-refractivity contribution is -0.144. The Morgan fingerprint density at radius 2 is 1.47 bits per heavy atom. The minimum Gasteiger partial charge on any atom is -0.493 e. The molecule has 4 rings (SSSR count). The van der Waals surface area contributed by atoms with Crippen molar-refractivity contribution in [2.75, 3.05) is 33.0 Å². The van der Waals surface area contributed by atoms with Crippen LogP contribution in [0.1, 0.15) is 95.6 Å². The van der Waals surface area contributed by atoms with E-state index in [0.29, 0.717) is 58.0 Å². The summed E-state index contributed by atoms with van der Waals surface area (Å²) in [6.07, 6.45) is 12.0. The van der Waals surface area contributed by atoms with Gasteiger partial charge in [-0.05, 0) is 122 Å². The van der Waals surface area contributed by atoms with Gasteiger partial charge in [0.15, 0.2) is 0 Å². The zero-order chi connectivity index (χ0) is 33.1. The Bertz CT molecular complexity index is 1350. The molecule has 3 aromatic rings. The zero-order valence-electron chi connectivity index (χ0n) is 28.3. The van der Waals surface area contributed by atoms with Crippen LogP contribution in [0.3, 0.4) is 0 Å². The molecule has 256 valence electrons. The highest BCUT2D eigenvalue weighted by Gasteiger charge is 2.17. The van der Waals surface area contributed by atoms with E-state index in [2.05, 4.69) is 35.0 Å². The van der Waals surface area contributed by atoms with E-state index in [4.69, 9.17) is 23.7 Å². The van der Waals surface area contributed by atoms with Crippen LogP contribution in [0.2, 0.25) is 0 Å². The third-order valence-electron chi connectivity index (χ3n) is 8.51. The Labute approximate surface area is 284 Å². The van der Waals surface area contributed by atoms with Gasteiger partial charge in [0.2, 0.25) is 0 Å². The van der Waals surface area contributed by atoms with Crippen molar-refractivity contribution in [3.63, 3.8) is 0 Å². The summed E-state index contributed by atoms with van der Waals surface area (Å²) in [5.74, 6) is 2.78. The second-order valence-electron chi connectivity index (χ2n) is 12.1. The molecule has 0 spiro atoms. The van der Waals surface area contributed by atoms with Crippen LogP contribution in [0.25, 0.3) is 11.1 Å². The van der Waals surface area contributed by atoms with E-state index in [1.165, 1.54) is 36.8 Å². The van der Waals surface area contributed by atoms with E-state index < -0.39 is 0 Å². The third-order valence-corrected chi connectivity index (χ3v) is 9.19. The molecule has 1 aliphatic rings. The van der Waals surface area contributed by atoms with E-state index in [0.717, 1.165) is 67.1 Å². The maximum absolute atomic E-state index is 12.2. The van der Waals surface area contributed by atoms with Gasteiger partial charge in [0.25, 0.3) is 0 Å². The molecule has 1 fully saturated rings. The lowest BCUT2D eigenvalue weighted by atomic mass is 9.96. The minimum atomic E-state index is -0.210. The third kappa shape index (κ3) is 12.9. The van der Waals surface area contributed by atoms with E-state index >= 15 is 0 Å². The Hall–Kier alpha value is -3.52. The van der Waals surface area contributed by atoms with E-state index in [1.807, 2.05) is 25.1 Å². The first-order valence-corrected chi connectivity index (χ1v) is 18.5. The molecular weight excluding hydrogens is 612 g/mol. The largest absolute Gasteiger partial charge is 0.493 e. The summed E-state index contributed by atoms with van der Waals surface area (Å²) in [4.78, 5) is 23.8. The predicted octanol–water partition coefficient (Wildman–Crippen LogP) is 9.38. The number of thiophene rings is 1. The average Bonchev–Trinajstić information content (AvgIpc) is 3.81. The summed E-state index contributed by atoms with van der Waals surface area (Å²) in [5, 5.41) is 4.26. The molecule has 1 heterocycles. The standard InChI is InChI=1S/C39H52O7S/c1-3-42-38(40)18-12-23-45-37-17-11-16-31(36(37)19-20-39(41)43-4-2)15-7-5-6-10-22-44-34-25-33(32-21-24-47-29-32)26-35(27-34)46-28-30-13-8-9-14-30/h11,16-17,21,24-27,29-30H,3-10,12-15,18-20,22-23,28H2,1-2H3. The number of ether oxygens (including phenoxy) is 5. The van der Waals surface area contributed by atoms with Crippen molar-refractivity contribution in [2.45, 2.75) is 97.3 Å². The number of carbonyl (C=O) groups is 2. The van der Waals surface area contributed by atoms with Crippen LogP contribution in [0.4, 0.5) is 0 Å². The van der Waals surface area contributed by atoms with Gasteiger partial charge in [-0.15, -0.1) is 0 Å². The molecule has 0 bridgehead atoms. The first-order chi connectivity index (χ1) is 23.1. The SMILES string of the molecule is CCOC(=O)CCCOc1cccc(CCCCCCOc2cc(OCC3CCCC3)cc(-c3ccsc3)c2)c1CCC(=O)OCC. The second-order valence-corrected chi connectivity index (χ2v) is 12.9. The number of rotatable bonds is 22. The smallest absolute Gasteiger partial charge is 0.306 e. The molecule has 0 radical (unpaired) electrons. The van der Waals surface area contributed by atoms with Crippen molar-refractivity contribution in [2.24, 2.45) is 5.92 Å². The molecule has 0 N–H and O–H groups in total. The van der Waals surface area contributed by atoms with Crippen LogP contribution in [-0.4, -0.2) is 45.0 Å². The Kier molecular flexibility index (Phi) is 16.0. The van der Waals surface area contributed by atoms with Crippen LogP contribution < -0.4 is 14.2 Å². The summed E-state index contributed by atoms with van der Waals surface area (Å²) >= 11 is 1.70. The first-order valence-electron chi connectivity index (χ1n) is 17.5. The number of hydrogen-bond acceptors (Lipinski definition) is 8. The van der Waals surface area contributed by atoms with Crippen LogP contribution >= 0.6 is 11.3 Å². The van der Waals surface area contributed by atoms with E-state index in [9.17, 15) is 9.59 Å². The first kappa shape index (κ1) is 36.3. The van der Waals surface area contributed by atoms with Gasteiger partial charge >= 0.3 is 11.9 Å². The van der Waals surface area contributed by atoms with Crippen molar-refractivity contribution in [1.82, 2.24) is 0 Å². The molecule has 7 nitrogen and oxygen atoms in total. The van der Waals surface area contributed by atoms with Gasteiger partial charge in [0.1, 0.15) is 17.2 Å². The predicted molar refractivity (Wildman–Crippen MR) is 188 cm³/mol. The fraction of sp³-hybridized carbons (Fsp3) is 0.538. The van der Waals surface area contributed by atoms with Gasteiger partial charge < -0.3 is 23.7 Å². The van der Waals surface area contributed by atoms with Gasteiger partial charge in [0, 0.05) is 18.9 Å². The van der Waals surface area contributed by atoms with Gasteiger partial charge in [-0.3, -0.25) is 9.59 Å². The Balaban J connectivity index is 1.25. The molecule has 0 aliphatic heterocycles. The number of hydrogen-bond donors (Lipinski definition) is 0. The topological polar surface area (TPSA) is 80.3 Å². The van der Waals surface area contributed by atoms with Crippen LogP contribution in [0, 0.1) is 5.92 Å².